The molecule has 0 aliphatic carbocycles. The molecule has 0 spiro atoms. The minimum atomic E-state index is -0.465. The highest BCUT2D eigenvalue weighted by Crippen LogP contribution is 2.19. The number of hydrogen-bond donors (Lipinski definition) is 0. The lowest BCUT2D eigenvalue weighted by atomic mass is 10.3. The van der Waals surface area contributed by atoms with Crippen molar-refractivity contribution < 1.29 is 13.5 Å². The maximum atomic E-state index is 13.1. The molecule has 0 atom stereocenters. The van der Waals surface area contributed by atoms with Crippen molar-refractivity contribution in [3.63, 3.8) is 0 Å². The molecule has 20 heavy (non-hydrogen) atoms. The summed E-state index contributed by atoms with van der Waals surface area (Å²) in [5.74, 6) is -0.141. The van der Waals surface area contributed by atoms with Crippen LogP contribution < -0.4 is 15.2 Å². The van der Waals surface area contributed by atoms with Gasteiger partial charge in [0.2, 0.25) is 11.2 Å². The van der Waals surface area contributed by atoms with Crippen molar-refractivity contribution in [1.29, 1.82) is 5.39 Å². The zero-order valence-corrected chi connectivity index (χ0v) is 10.6. The van der Waals surface area contributed by atoms with Gasteiger partial charge in [-0.2, -0.15) is 0 Å². The highest BCUT2D eigenvalue weighted by molar-refractivity contribution is 5.47. The molecular weight excluding hydrogens is 265 g/mol. The van der Waals surface area contributed by atoms with E-state index in [9.17, 15) is 9.18 Å². The van der Waals surface area contributed by atoms with E-state index in [2.05, 4.69) is 5.08 Å². The van der Waals surface area contributed by atoms with Crippen LogP contribution in [0.15, 0.2) is 45.8 Å². The van der Waals surface area contributed by atoms with Gasteiger partial charge in [-0.3, -0.25) is 4.79 Å². The fourth-order valence-corrected chi connectivity index (χ4v) is 1.63. The number of hydrogen-bond acceptors (Lipinski definition) is 5. The lowest BCUT2D eigenvalue weighted by Crippen LogP contribution is -2.15. The van der Waals surface area contributed by atoms with Crippen molar-refractivity contribution in [3.8, 4) is 5.75 Å². The third-order valence-corrected chi connectivity index (χ3v) is 2.59. The van der Waals surface area contributed by atoms with Crippen LogP contribution in [0, 0.1) is 11.2 Å². The van der Waals surface area contributed by atoms with Crippen LogP contribution in [0.2, 0.25) is 0 Å². The zero-order valence-electron chi connectivity index (χ0n) is 10.6. The molecule has 0 amide bonds. The summed E-state index contributed by atoms with van der Waals surface area (Å²) in [6.07, 6.45) is 1.17. The summed E-state index contributed by atoms with van der Waals surface area (Å²) in [7, 11) is 1.36. The maximum absolute atomic E-state index is 13.1. The first kappa shape index (κ1) is 13.5. The summed E-state index contributed by atoms with van der Waals surface area (Å²) in [6, 6.07) is 6.72. The van der Waals surface area contributed by atoms with Gasteiger partial charge < -0.3 is 9.15 Å². The van der Waals surface area contributed by atoms with Gasteiger partial charge in [0, 0.05) is 17.1 Å². The SMILES string of the molecule is COc1coc(CN([N+]#N)c2cccc(F)c2)cc1=O. The zero-order chi connectivity index (χ0) is 14.5. The third-order valence-electron chi connectivity index (χ3n) is 2.59. The van der Waals surface area contributed by atoms with Gasteiger partial charge in [-0.1, -0.05) is 6.07 Å². The van der Waals surface area contributed by atoms with E-state index in [1.807, 2.05) is 0 Å². The fourth-order valence-electron chi connectivity index (χ4n) is 1.63. The van der Waals surface area contributed by atoms with E-state index in [4.69, 9.17) is 14.5 Å². The molecular formula is C13H11FN3O3+. The van der Waals surface area contributed by atoms with Gasteiger partial charge in [-0.05, 0) is 12.1 Å². The van der Waals surface area contributed by atoms with Crippen molar-refractivity contribution in [2.75, 3.05) is 12.1 Å². The molecule has 6 nitrogen and oxygen atoms in total. The largest absolute Gasteiger partial charge is 0.490 e. The Morgan fingerprint density at radius 2 is 2.25 bits per heavy atom. The number of nitrogens with zero attached hydrogens (tertiary/aromatic N) is 3. The van der Waals surface area contributed by atoms with Crippen molar-refractivity contribution in [2.24, 2.45) is 0 Å². The molecule has 0 fully saturated rings. The standard InChI is InChI=1S/C13H11FN3O3/c1-19-13-8-20-11(6-12(13)18)7-17(16-15)10-4-2-3-9(14)5-10/h2-6,8H,7H2,1H3/q+1. The van der Waals surface area contributed by atoms with E-state index in [1.54, 1.807) is 6.07 Å². The second-order valence-electron chi connectivity index (χ2n) is 3.91. The minimum absolute atomic E-state index is 0.0286. The second-order valence-corrected chi connectivity index (χ2v) is 3.91. The lowest BCUT2D eigenvalue weighted by Gasteiger charge is -2.05. The number of diazo groups is 1. The molecule has 7 heteroatoms. The summed E-state index contributed by atoms with van der Waals surface area (Å²) in [5.41, 5.74) is -0.0307. The molecule has 0 unspecified atom stereocenters. The molecule has 0 radical (unpaired) electrons. The molecule has 2 aromatic rings. The Kier molecular flexibility index (Phi) is 3.96. The number of halogens is 1. The van der Waals surface area contributed by atoms with Crippen LogP contribution in [0.1, 0.15) is 5.76 Å². The van der Waals surface area contributed by atoms with Crippen LogP contribution in [0.3, 0.4) is 0 Å². The normalized spacial score (nSPS) is 9.85. The summed E-state index contributed by atoms with van der Waals surface area (Å²) in [6.45, 7) is -0.0286. The molecule has 0 aliphatic heterocycles. The minimum Gasteiger partial charge on any atom is -0.490 e. The topological polar surface area (TPSA) is 70.8 Å². The van der Waals surface area contributed by atoms with Gasteiger partial charge >= 0.3 is 5.08 Å². The first-order chi connectivity index (χ1) is 9.63. The Hall–Kier alpha value is -2.88. The summed E-state index contributed by atoms with van der Waals surface area (Å²) in [4.78, 5) is 11.6. The number of anilines is 1. The highest BCUT2D eigenvalue weighted by Gasteiger charge is 2.20. The summed E-state index contributed by atoms with van der Waals surface area (Å²) < 4.78 is 23.1. The molecule has 2 rings (SSSR count). The van der Waals surface area contributed by atoms with E-state index in [0.29, 0.717) is 5.69 Å². The summed E-state index contributed by atoms with van der Waals surface area (Å²) in [5, 5.41) is 13.1. The molecule has 0 aliphatic rings. The van der Waals surface area contributed by atoms with Gasteiger partial charge in [-0.15, -0.1) is 0 Å². The predicted molar refractivity (Wildman–Crippen MR) is 69.2 cm³/mol. The van der Waals surface area contributed by atoms with E-state index in [1.165, 1.54) is 37.6 Å². The van der Waals surface area contributed by atoms with Gasteiger partial charge in [0.25, 0.3) is 5.39 Å². The quantitative estimate of drug-likeness (QED) is 0.634. The van der Waals surface area contributed by atoms with Crippen LogP contribution in [-0.2, 0) is 6.54 Å². The first-order valence-corrected chi connectivity index (χ1v) is 5.68. The van der Waals surface area contributed by atoms with Crippen molar-refractivity contribution >= 4 is 5.69 Å². The molecule has 0 bridgehead atoms. The van der Waals surface area contributed by atoms with Gasteiger partial charge in [0.05, 0.1) is 7.11 Å². The predicted octanol–water partition coefficient (Wildman–Crippen LogP) is 2.56. The lowest BCUT2D eigenvalue weighted by molar-refractivity contribution is 0.378. The molecule has 0 saturated carbocycles. The van der Waals surface area contributed by atoms with Gasteiger partial charge in [0.1, 0.15) is 23.5 Å². The Bertz CT molecular complexity index is 708. The van der Waals surface area contributed by atoms with E-state index in [-0.39, 0.29) is 23.5 Å². The maximum Gasteiger partial charge on any atom is 0.311 e. The number of benzene rings is 1. The molecule has 1 heterocycles. The average molecular weight is 276 g/mol. The first-order valence-electron chi connectivity index (χ1n) is 5.68. The summed E-state index contributed by atoms with van der Waals surface area (Å²) >= 11 is 0. The Labute approximate surface area is 113 Å². The fraction of sp³-hybridized carbons (Fsp3) is 0.154. The van der Waals surface area contributed by atoms with Crippen molar-refractivity contribution in [1.82, 2.24) is 0 Å². The van der Waals surface area contributed by atoms with Crippen LogP contribution in [0.25, 0.3) is 5.08 Å². The van der Waals surface area contributed by atoms with Crippen molar-refractivity contribution in [2.45, 2.75) is 6.54 Å². The monoisotopic (exact) mass is 276 g/mol. The number of methoxy groups -OCH3 is 1. The van der Waals surface area contributed by atoms with Crippen molar-refractivity contribution in [3.05, 3.63) is 63.5 Å². The Morgan fingerprint density at radius 1 is 1.45 bits per heavy atom. The molecule has 0 N–H and O–H groups in total. The third kappa shape index (κ3) is 2.92. The molecule has 0 saturated heterocycles. The number of rotatable bonds is 4. The molecule has 1 aromatic carbocycles. The highest BCUT2D eigenvalue weighted by atomic mass is 19.1. The van der Waals surface area contributed by atoms with Crippen LogP contribution in [-0.4, -0.2) is 7.11 Å². The van der Waals surface area contributed by atoms with Crippen LogP contribution in [0.5, 0.6) is 5.75 Å². The van der Waals surface area contributed by atoms with Crippen LogP contribution in [0.4, 0.5) is 10.1 Å². The van der Waals surface area contributed by atoms with Gasteiger partial charge in [-0.25, -0.2) is 4.39 Å². The number of ether oxygens (including phenoxy) is 1. The Morgan fingerprint density at radius 3 is 2.85 bits per heavy atom. The average Bonchev–Trinajstić information content (AvgIpc) is 2.45. The van der Waals surface area contributed by atoms with Crippen LogP contribution >= 0.6 is 0 Å². The van der Waals surface area contributed by atoms with E-state index in [0.717, 1.165) is 5.01 Å². The molecule has 102 valence electrons. The molecule has 1 aromatic heterocycles. The van der Waals surface area contributed by atoms with E-state index < -0.39 is 5.82 Å². The Balaban J connectivity index is 2.25. The second kappa shape index (κ2) is 5.84. The van der Waals surface area contributed by atoms with Gasteiger partial charge in [0.15, 0.2) is 6.54 Å². The van der Waals surface area contributed by atoms with E-state index >= 15 is 0 Å². The smallest absolute Gasteiger partial charge is 0.311 e.